The highest BCUT2D eigenvalue weighted by Crippen LogP contribution is 2.41. The van der Waals surface area contributed by atoms with Gasteiger partial charge >= 0.3 is 0 Å². The summed E-state index contributed by atoms with van der Waals surface area (Å²) in [5.74, 6) is 0.976. The Morgan fingerprint density at radius 2 is 2.04 bits per heavy atom. The molecule has 4 nitrogen and oxygen atoms in total. The van der Waals surface area contributed by atoms with Crippen molar-refractivity contribution in [2.24, 2.45) is 4.99 Å². The van der Waals surface area contributed by atoms with E-state index in [0.29, 0.717) is 6.04 Å². The highest BCUT2D eigenvalue weighted by atomic mass is 127. The molecule has 2 atom stereocenters. The van der Waals surface area contributed by atoms with E-state index in [1.807, 2.05) is 18.2 Å². The molecule has 25 heavy (non-hydrogen) atoms. The second kappa shape index (κ2) is 9.52. The molecule has 1 saturated heterocycles. The molecule has 1 heterocycles. The maximum absolute atomic E-state index is 13.9. The molecule has 1 saturated carbocycles. The topological polar surface area (TPSA) is 39.7 Å². The molecule has 0 spiro atoms. The first-order valence-corrected chi connectivity index (χ1v) is 8.78. The summed E-state index contributed by atoms with van der Waals surface area (Å²) in [7, 11) is 1.79. The van der Waals surface area contributed by atoms with Crippen molar-refractivity contribution in [3.63, 3.8) is 0 Å². The number of benzene rings is 1. The smallest absolute Gasteiger partial charge is 0.191 e. The van der Waals surface area contributed by atoms with Crippen molar-refractivity contribution in [1.29, 1.82) is 0 Å². The van der Waals surface area contributed by atoms with Crippen LogP contribution < -0.4 is 10.6 Å². The van der Waals surface area contributed by atoms with E-state index in [1.165, 1.54) is 6.07 Å². The zero-order chi connectivity index (χ0) is 16.9. The van der Waals surface area contributed by atoms with E-state index in [4.69, 9.17) is 0 Å². The summed E-state index contributed by atoms with van der Waals surface area (Å²) in [5, 5.41) is 6.96. The standard InChI is InChI=1S/C19H27FN4.HI/c1-3-10-24-11-8-14(9-12-24)22-19(21-2)23-18-13-16(18)15-6-4-5-7-17(15)20;/h3-7,14,16,18H,1,8-13H2,2H3,(H2,21,22,23);1H. The molecule has 1 aliphatic heterocycles. The average molecular weight is 458 g/mol. The fourth-order valence-electron chi connectivity index (χ4n) is 3.46. The Kier molecular flexibility index (Phi) is 7.68. The van der Waals surface area contributed by atoms with Gasteiger partial charge in [-0.25, -0.2) is 4.39 Å². The van der Waals surface area contributed by atoms with Gasteiger partial charge in [-0.1, -0.05) is 24.3 Å². The van der Waals surface area contributed by atoms with E-state index in [2.05, 4.69) is 27.1 Å². The van der Waals surface area contributed by atoms with Gasteiger partial charge in [0.2, 0.25) is 0 Å². The van der Waals surface area contributed by atoms with Crippen LogP contribution >= 0.6 is 24.0 Å². The molecule has 0 aromatic heterocycles. The SMILES string of the molecule is C=CCN1CCC(NC(=NC)NC2CC2c2ccccc2F)CC1.I. The highest BCUT2D eigenvalue weighted by molar-refractivity contribution is 14.0. The third kappa shape index (κ3) is 5.41. The van der Waals surface area contributed by atoms with Gasteiger partial charge in [0, 0.05) is 44.7 Å². The van der Waals surface area contributed by atoms with E-state index < -0.39 is 0 Å². The average Bonchev–Trinajstić information content (AvgIpc) is 3.35. The van der Waals surface area contributed by atoms with Crippen LogP contribution in [0.1, 0.15) is 30.7 Å². The van der Waals surface area contributed by atoms with Gasteiger partial charge in [-0.2, -0.15) is 0 Å². The van der Waals surface area contributed by atoms with Gasteiger partial charge in [0.15, 0.2) is 5.96 Å². The number of nitrogens with zero attached hydrogens (tertiary/aromatic N) is 2. The Balaban J connectivity index is 0.00000225. The van der Waals surface area contributed by atoms with Gasteiger partial charge in [-0.05, 0) is 30.9 Å². The lowest BCUT2D eigenvalue weighted by atomic mass is 10.1. The minimum Gasteiger partial charge on any atom is -0.354 e. The van der Waals surface area contributed by atoms with Crippen molar-refractivity contribution in [2.45, 2.75) is 37.3 Å². The number of piperidine rings is 1. The molecule has 2 aliphatic rings. The number of likely N-dealkylation sites (tertiary alicyclic amines) is 1. The Labute approximate surface area is 167 Å². The van der Waals surface area contributed by atoms with Crippen LogP contribution in [0.2, 0.25) is 0 Å². The predicted octanol–water partition coefficient (Wildman–Crippen LogP) is 3.12. The van der Waals surface area contributed by atoms with Gasteiger partial charge in [-0.3, -0.25) is 9.89 Å². The maximum atomic E-state index is 13.9. The fraction of sp³-hybridized carbons (Fsp3) is 0.526. The van der Waals surface area contributed by atoms with Crippen LogP contribution in [-0.2, 0) is 0 Å². The number of halogens is 2. The lowest BCUT2D eigenvalue weighted by Crippen LogP contribution is -2.49. The van der Waals surface area contributed by atoms with Gasteiger partial charge in [0.05, 0.1) is 0 Å². The minimum absolute atomic E-state index is 0. The van der Waals surface area contributed by atoms with Crippen LogP contribution in [-0.4, -0.2) is 49.6 Å². The van der Waals surface area contributed by atoms with Crippen molar-refractivity contribution in [1.82, 2.24) is 15.5 Å². The molecule has 2 fully saturated rings. The Bertz CT molecular complexity index is 599. The third-order valence-corrected chi connectivity index (χ3v) is 4.96. The van der Waals surface area contributed by atoms with E-state index >= 15 is 0 Å². The summed E-state index contributed by atoms with van der Waals surface area (Å²) in [6.45, 7) is 6.94. The summed E-state index contributed by atoms with van der Waals surface area (Å²) in [6, 6.07) is 7.78. The first-order chi connectivity index (χ1) is 11.7. The molecule has 1 aromatic carbocycles. The quantitative estimate of drug-likeness (QED) is 0.308. The Morgan fingerprint density at radius 3 is 2.68 bits per heavy atom. The highest BCUT2D eigenvalue weighted by Gasteiger charge is 2.40. The Hall–Kier alpha value is -1.15. The fourth-order valence-corrected chi connectivity index (χ4v) is 3.46. The number of aliphatic imine (C=N–C) groups is 1. The van der Waals surface area contributed by atoms with Crippen molar-refractivity contribution in [3.8, 4) is 0 Å². The van der Waals surface area contributed by atoms with Crippen LogP contribution in [0.25, 0.3) is 0 Å². The molecule has 2 unspecified atom stereocenters. The third-order valence-electron chi connectivity index (χ3n) is 4.96. The molecule has 138 valence electrons. The molecule has 1 aliphatic carbocycles. The first kappa shape index (κ1) is 20.2. The lowest BCUT2D eigenvalue weighted by Gasteiger charge is -2.32. The summed E-state index contributed by atoms with van der Waals surface area (Å²) >= 11 is 0. The van der Waals surface area contributed by atoms with Crippen LogP contribution in [0.4, 0.5) is 4.39 Å². The zero-order valence-electron chi connectivity index (χ0n) is 14.7. The number of hydrogen-bond donors (Lipinski definition) is 2. The Morgan fingerprint density at radius 1 is 1.32 bits per heavy atom. The first-order valence-electron chi connectivity index (χ1n) is 8.78. The summed E-state index contributed by atoms with van der Waals surface area (Å²) in [4.78, 5) is 6.75. The number of guanidine groups is 1. The van der Waals surface area contributed by atoms with Crippen molar-refractivity contribution in [2.75, 3.05) is 26.7 Å². The largest absolute Gasteiger partial charge is 0.354 e. The molecule has 0 amide bonds. The summed E-state index contributed by atoms with van der Waals surface area (Å²) in [5.41, 5.74) is 0.809. The second-order valence-corrected chi connectivity index (χ2v) is 6.69. The van der Waals surface area contributed by atoms with Crippen LogP contribution in [0.5, 0.6) is 0 Å². The normalized spacial score (nSPS) is 24.3. The zero-order valence-corrected chi connectivity index (χ0v) is 17.1. The summed E-state index contributed by atoms with van der Waals surface area (Å²) in [6.07, 6.45) is 5.13. The molecule has 6 heteroatoms. The van der Waals surface area contributed by atoms with Crippen molar-refractivity contribution in [3.05, 3.63) is 48.3 Å². The van der Waals surface area contributed by atoms with Gasteiger partial charge in [0.25, 0.3) is 0 Å². The van der Waals surface area contributed by atoms with E-state index in [0.717, 1.165) is 50.4 Å². The number of hydrogen-bond acceptors (Lipinski definition) is 2. The number of rotatable bonds is 5. The molecular formula is C19H28FIN4. The van der Waals surface area contributed by atoms with Crippen LogP contribution in [0, 0.1) is 5.82 Å². The molecule has 2 N–H and O–H groups in total. The minimum atomic E-state index is -0.107. The van der Waals surface area contributed by atoms with Gasteiger partial charge in [0.1, 0.15) is 5.82 Å². The molecule has 1 aromatic rings. The second-order valence-electron chi connectivity index (χ2n) is 6.69. The predicted molar refractivity (Wildman–Crippen MR) is 112 cm³/mol. The van der Waals surface area contributed by atoms with Crippen molar-refractivity contribution < 1.29 is 4.39 Å². The molecular weight excluding hydrogens is 430 g/mol. The number of nitrogens with one attached hydrogen (secondary N) is 2. The monoisotopic (exact) mass is 458 g/mol. The summed E-state index contributed by atoms with van der Waals surface area (Å²) < 4.78 is 13.9. The van der Waals surface area contributed by atoms with E-state index in [-0.39, 0.29) is 41.8 Å². The molecule has 0 bridgehead atoms. The lowest BCUT2D eigenvalue weighted by molar-refractivity contribution is 0.225. The van der Waals surface area contributed by atoms with Gasteiger partial charge in [-0.15, -0.1) is 30.6 Å². The molecule has 3 rings (SSSR count). The maximum Gasteiger partial charge on any atom is 0.191 e. The van der Waals surface area contributed by atoms with Crippen LogP contribution in [0.15, 0.2) is 41.9 Å². The van der Waals surface area contributed by atoms with E-state index in [1.54, 1.807) is 13.1 Å². The van der Waals surface area contributed by atoms with Crippen LogP contribution in [0.3, 0.4) is 0 Å². The van der Waals surface area contributed by atoms with Gasteiger partial charge < -0.3 is 10.6 Å². The van der Waals surface area contributed by atoms with Crippen molar-refractivity contribution >= 4 is 29.9 Å². The van der Waals surface area contributed by atoms with E-state index in [9.17, 15) is 4.39 Å². The molecule has 0 radical (unpaired) electrons.